The van der Waals surface area contributed by atoms with Gasteiger partial charge in [0.25, 0.3) is 5.56 Å². The van der Waals surface area contributed by atoms with Crippen LogP contribution >= 0.6 is 0 Å². The van der Waals surface area contributed by atoms with Crippen molar-refractivity contribution in [2.24, 2.45) is 13.0 Å². The van der Waals surface area contributed by atoms with Crippen molar-refractivity contribution in [3.8, 4) is 0 Å². The summed E-state index contributed by atoms with van der Waals surface area (Å²) < 4.78 is 1.61. The van der Waals surface area contributed by atoms with Gasteiger partial charge in [-0.3, -0.25) is 9.36 Å². The van der Waals surface area contributed by atoms with Crippen molar-refractivity contribution in [1.82, 2.24) is 14.5 Å². The second-order valence-corrected chi connectivity index (χ2v) is 8.12. The highest BCUT2D eigenvalue weighted by molar-refractivity contribution is 5.33. The van der Waals surface area contributed by atoms with Gasteiger partial charge in [0, 0.05) is 20.6 Å². The van der Waals surface area contributed by atoms with Gasteiger partial charge in [0.2, 0.25) is 5.95 Å². The lowest BCUT2D eigenvalue weighted by atomic mass is 9.83. The molecule has 1 fully saturated rings. The molecule has 5 heteroatoms. The Morgan fingerprint density at radius 3 is 2.64 bits per heavy atom. The van der Waals surface area contributed by atoms with Gasteiger partial charge < -0.3 is 10.2 Å². The number of fused-ring (bicyclic) bond motifs is 1. The fraction of sp³-hybridized carbons (Fsp3) is 0.478. The van der Waals surface area contributed by atoms with E-state index in [9.17, 15) is 4.79 Å². The first kappa shape index (κ1) is 18.8. The van der Waals surface area contributed by atoms with E-state index in [4.69, 9.17) is 0 Å². The fourth-order valence-electron chi connectivity index (χ4n) is 5.08. The molecule has 1 aromatic carbocycles. The Balaban J connectivity index is 1.61. The SMILES string of the molecule is CNc1nc(C)c(C(C)N2C=C3CCC(c4ccccc4)C3CC2)c(=O)n1C. The lowest BCUT2D eigenvalue weighted by Gasteiger charge is -2.36. The minimum atomic E-state index is 0.0290. The molecule has 2 heterocycles. The normalized spacial score (nSPS) is 22.6. The van der Waals surface area contributed by atoms with Crippen LogP contribution in [-0.2, 0) is 7.05 Å². The average molecular weight is 379 g/mol. The van der Waals surface area contributed by atoms with Gasteiger partial charge in [0.15, 0.2) is 0 Å². The van der Waals surface area contributed by atoms with E-state index in [0.717, 1.165) is 30.6 Å². The maximum Gasteiger partial charge on any atom is 0.260 e. The Morgan fingerprint density at radius 2 is 1.93 bits per heavy atom. The highest BCUT2D eigenvalue weighted by Crippen LogP contribution is 2.47. The molecule has 1 aromatic heterocycles. The Bertz CT molecular complexity index is 947. The van der Waals surface area contributed by atoms with Crippen LogP contribution < -0.4 is 10.9 Å². The smallest absolute Gasteiger partial charge is 0.260 e. The van der Waals surface area contributed by atoms with Crippen LogP contribution in [0.5, 0.6) is 0 Å². The maximum atomic E-state index is 13.0. The first-order chi connectivity index (χ1) is 13.5. The molecule has 1 saturated carbocycles. The summed E-state index contributed by atoms with van der Waals surface area (Å²) in [6.45, 7) is 5.05. The molecule has 4 rings (SSSR count). The zero-order valence-corrected chi connectivity index (χ0v) is 17.3. The molecule has 0 saturated heterocycles. The quantitative estimate of drug-likeness (QED) is 0.874. The topological polar surface area (TPSA) is 50.2 Å². The summed E-state index contributed by atoms with van der Waals surface area (Å²) in [6.07, 6.45) is 5.87. The highest BCUT2D eigenvalue weighted by atomic mass is 16.1. The van der Waals surface area contributed by atoms with E-state index < -0.39 is 0 Å². The molecular weight excluding hydrogens is 348 g/mol. The maximum absolute atomic E-state index is 13.0. The second kappa shape index (κ2) is 7.46. The molecule has 1 aliphatic carbocycles. The number of aromatic nitrogens is 2. The zero-order valence-electron chi connectivity index (χ0n) is 17.3. The Hall–Kier alpha value is -2.56. The second-order valence-electron chi connectivity index (χ2n) is 8.12. The predicted octanol–water partition coefficient (Wildman–Crippen LogP) is 3.97. The Labute approximate surface area is 167 Å². The van der Waals surface area contributed by atoms with E-state index in [0.29, 0.717) is 17.8 Å². The molecule has 3 unspecified atom stereocenters. The molecule has 0 bridgehead atoms. The number of hydrogen-bond donors (Lipinski definition) is 1. The van der Waals surface area contributed by atoms with Crippen molar-refractivity contribution >= 4 is 5.95 Å². The van der Waals surface area contributed by atoms with Crippen LogP contribution in [0, 0.1) is 12.8 Å². The molecule has 2 aliphatic rings. The third-order valence-electron chi connectivity index (χ3n) is 6.62. The Kier molecular flexibility index (Phi) is 5.00. The third kappa shape index (κ3) is 3.13. The van der Waals surface area contributed by atoms with Crippen molar-refractivity contribution in [2.45, 2.75) is 45.1 Å². The van der Waals surface area contributed by atoms with Gasteiger partial charge in [-0.15, -0.1) is 0 Å². The monoisotopic (exact) mass is 378 g/mol. The third-order valence-corrected chi connectivity index (χ3v) is 6.62. The number of aryl methyl sites for hydroxylation is 1. The van der Waals surface area contributed by atoms with E-state index in [-0.39, 0.29) is 11.6 Å². The van der Waals surface area contributed by atoms with Gasteiger partial charge in [0.1, 0.15) is 0 Å². The molecular formula is C23H30N4O. The summed E-state index contributed by atoms with van der Waals surface area (Å²) in [5, 5.41) is 3.00. The summed E-state index contributed by atoms with van der Waals surface area (Å²) in [5.74, 6) is 1.88. The van der Waals surface area contributed by atoms with Gasteiger partial charge in [-0.05, 0) is 56.7 Å². The van der Waals surface area contributed by atoms with Crippen LogP contribution in [0.3, 0.4) is 0 Å². The van der Waals surface area contributed by atoms with Crippen LogP contribution in [0.15, 0.2) is 46.9 Å². The summed E-state index contributed by atoms with van der Waals surface area (Å²) in [6, 6.07) is 11.0. The van der Waals surface area contributed by atoms with Crippen LogP contribution in [0.4, 0.5) is 5.95 Å². The van der Waals surface area contributed by atoms with Gasteiger partial charge in [-0.1, -0.05) is 35.9 Å². The number of rotatable bonds is 4. The van der Waals surface area contributed by atoms with Crippen molar-refractivity contribution in [3.05, 3.63) is 69.3 Å². The molecule has 28 heavy (non-hydrogen) atoms. The van der Waals surface area contributed by atoms with Crippen molar-refractivity contribution in [3.63, 3.8) is 0 Å². The molecule has 5 nitrogen and oxygen atoms in total. The summed E-state index contributed by atoms with van der Waals surface area (Å²) >= 11 is 0. The van der Waals surface area contributed by atoms with Crippen LogP contribution in [0.2, 0.25) is 0 Å². The van der Waals surface area contributed by atoms with Crippen LogP contribution in [0.1, 0.15) is 55.0 Å². The minimum absolute atomic E-state index is 0.0290. The molecule has 0 spiro atoms. The minimum Gasteiger partial charge on any atom is -0.370 e. The lowest BCUT2D eigenvalue weighted by molar-refractivity contribution is 0.249. The standard InChI is InChI=1S/C23H30N4O/c1-15-21(22(28)26(4)23(24-3)25-15)16(2)27-13-12-20-18(14-27)10-11-19(20)17-8-6-5-7-9-17/h5-9,14,16,19-20H,10-13H2,1-4H3,(H,24,25). The first-order valence-corrected chi connectivity index (χ1v) is 10.3. The van der Waals surface area contributed by atoms with Gasteiger partial charge in [-0.2, -0.15) is 0 Å². The van der Waals surface area contributed by atoms with E-state index in [1.165, 1.54) is 12.0 Å². The average Bonchev–Trinajstić information content (AvgIpc) is 3.14. The lowest BCUT2D eigenvalue weighted by Crippen LogP contribution is -2.35. The summed E-state index contributed by atoms with van der Waals surface area (Å²) in [4.78, 5) is 19.9. The summed E-state index contributed by atoms with van der Waals surface area (Å²) in [5.41, 5.74) is 4.66. The first-order valence-electron chi connectivity index (χ1n) is 10.3. The molecule has 0 radical (unpaired) electrons. The van der Waals surface area contributed by atoms with Crippen molar-refractivity contribution in [2.75, 3.05) is 18.9 Å². The number of nitrogens with one attached hydrogen (secondary N) is 1. The molecule has 2 aromatic rings. The fourth-order valence-corrected chi connectivity index (χ4v) is 5.08. The van der Waals surface area contributed by atoms with Crippen LogP contribution in [0.25, 0.3) is 0 Å². The van der Waals surface area contributed by atoms with E-state index in [1.807, 2.05) is 6.92 Å². The molecule has 3 atom stereocenters. The van der Waals surface area contributed by atoms with Gasteiger partial charge >= 0.3 is 0 Å². The Morgan fingerprint density at radius 1 is 1.18 bits per heavy atom. The van der Waals surface area contributed by atoms with Crippen molar-refractivity contribution < 1.29 is 0 Å². The number of allylic oxidation sites excluding steroid dienone is 1. The van der Waals surface area contributed by atoms with Crippen LogP contribution in [-0.4, -0.2) is 28.0 Å². The highest BCUT2D eigenvalue weighted by Gasteiger charge is 2.36. The molecule has 1 N–H and O–H groups in total. The summed E-state index contributed by atoms with van der Waals surface area (Å²) in [7, 11) is 3.58. The van der Waals surface area contributed by atoms with E-state index >= 15 is 0 Å². The number of hydrogen-bond acceptors (Lipinski definition) is 4. The largest absolute Gasteiger partial charge is 0.370 e. The molecule has 0 amide bonds. The van der Waals surface area contributed by atoms with Gasteiger partial charge in [0.05, 0.1) is 17.3 Å². The van der Waals surface area contributed by atoms with Gasteiger partial charge in [-0.25, -0.2) is 4.98 Å². The van der Waals surface area contributed by atoms with E-state index in [2.05, 4.69) is 58.7 Å². The number of nitrogens with zero attached hydrogens (tertiary/aromatic N) is 3. The number of anilines is 1. The predicted molar refractivity (Wildman–Crippen MR) is 113 cm³/mol. The molecule has 148 valence electrons. The molecule has 1 aliphatic heterocycles. The zero-order chi connectivity index (χ0) is 19.8. The van der Waals surface area contributed by atoms with E-state index in [1.54, 1.807) is 24.2 Å². The number of benzene rings is 1. The van der Waals surface area contributed by atoms with Crippen molar-refractivity contribution in [1.29, 1.82) is 0 Å².